The van der Waals surface area contributed by atoms with E-state index in [2.05, 4.69) is 17.6 Å². The van der Waals surface area contributed by atoms with Gasteiger partial charge >= 0.3 is 5.97 Å². The number of fused-ring (bicyclic) bond motifs is 1. The van der Waals surface area contributed by atoms with Crippen LogP contribution in [0.1, 0.15) is 12.8 Å². The number of carbonyl (C=O) groups is 2. The molecule has 0 unspecified atom stereocenters. The summed E-state index contributed by atoms with van der Waals surface area (Å²) in [6.45, 7) is 0. The maximum atomic E-state index is 11.4. The Morgan fingerprint density at radius 2 is 2.06 bits per heavy atom. The van der Waals surface area contributed by atoms with Gasteiger partial charge in [0.1, 0.15) is 0 Å². The number of ether oxygens (including phenoxy) is 1. The van der Waals surface area contributed by atoms with Crippen molar-refractivity contribution in [3.8, 4) is 5.19 Å². The molecule has 17 heavy (non-hydrogen) atoms. The number of nitrogens with zero attached hydrogens (tertiary/aromatic N) is 1. The quantitative estimate of drug-likeness (QED) is 0.683. The van der Waals surface area contributed by atoms with Crippen molar-refractivity contribution in [1.82, 2.24) is 4.98 Å². The third-order valence-corrected chi connectivity index (χ3v) is 3.16. The van der Waals surface area contributed by atoms with E-state index < -0.39 is 5.97 Å². The van der Waals surface area contributed by atoms with Gasteiger partial charge < -0.3 is 4.74 Å². The van der Waals surface area contributed by atoms with Crippen molar-refractivity contribution < 1.29 is 14.3 Å². The number of hydrogen-bond donors (Lipinski definition) is 1. The van der Waals surface area contributed by atoms with Crippen molar-refractivity contribution in [2.24, 2.45) is 0 Å². The van der Waals surface area contributed by atoms with Gasteiger partial charge in [0.2, 0.25) is 0 Å². The van der Waals surface area contributed by atoms with E-state index in [4.69, 9.17) is 4.74 Å². The summed E-state index contributed by atoms with van der Waals surface area (Å²) in [6.07, 6.45) is 0.102. The van der Waals surface area contributed by atoms with E-state index >= 15 is 0 Å². The molecule has 0 amide bonds. The fourth-order valence-electron chi connectivity index (χ4n) is 1.25. The van der Waals surface area contributed by atoms with Gasteiger partial charge in [0.05, 0.1) is 16.6 Å². The maximum Gasteiger partial charge on any atom is 0.313 e. The summed E-state index contributed by atoms with van der Waals surface area (Å²) in [4.78, 5) is 26.1. The van der Waals surface area contributed by atoms with Gasteiger partial charge in [-0.1, -0.05) is 23.5 Å². The highest BCUT2D eigenvalue weighted by atomic mass is 32.1. The van der Waals surface area contributed by atoms with Crippen LogP contribution in [0.4, 0.5) is 0 Å². The molecule has 0 fully saturated rings. The number of esters is 1. The molecule has 0 atom stereocenters. The monoisotopic (exact) mass is 267 g/mol. The molecule has 4 nitrogen and oxygen atoms in total. The van der Waals surface area contributed by atoms with Crippen molar-refractivity contribution >= 4 is 45.3 Å². The molecule has 0 saturated carbocycles. The van der Waals surface area contributed by atoms with Crippen LogP contribution < -0.4 is 4.74 Å². The van der Waals surface area contributed by atoms with Crippen LogP contribution in [0.15, 0.2) is 24.3 Å². The zero-order valence-electron chi connectivity index (χ0n) is 8.75. The summed E-state index contributed by atoms with van der Waals surface area (Å²) in [5.41, 5.74) is 0.797. The predicted molar refractivity (Wildman–Crippen MR) is 68.5 cm³/mol. The van der Waals surface area contributed by atoms with Crippen molar-refractivity contribution in [2.75, 3.05) is 0 Å². The normalized spacial score (nSPS) is 10.4. The topological polar surface area (TPSA) is 56.3 Å². The van der Waals surface area contributed by atoms with Gasteiger partial charge in [-0.15, -0.1) is 12.6 Å². The van der Waals surface area contributed by atoms with Crippen LogP contribution in [0, 0.1) is 0 Å². The first-order valence-corrected chi connectivity index (χ1v) is 6.19. The smallest absolute Gasteiger partial charge is 0.313 e. The lowest BCUT2D eigenvalue weighted by Crippen LogP contribution is -2.08. The fraction of sp³-hybridized carbons (Fsp3) is 0.182. The molecule has 0 radical (unpaired) electrons. The third kappa shape index (κ3) is 3.28. The summed E-state index contributed by atoms with van der Waals surface area (Å²) < 4.78 is 5.99. The number of thiol groups is 1. The molecule has 0 bridgehead atoms. The van der Waals surface area contributed by atoms with E-state index in [9.17, 15) is 9.59 Å². The average Bonchev–Trinajstić information content (AvgIpc) is 2.68. The van der Waals surface area contributed by atoms with Crippen LogP contribution in [0.25, 0.3) is 10.2 Å². The molecule has 0 aliphatic heterocycles. The molecular formula is C11H9NO3S2. The van der Waals surface area contributed by atoms with Gasteiger partial charge in [0.25, 0.3) is 5.19 Å². The van der Waals surface area contributed by atoms with Crippen LogP contribution in [-0.4, -0.2) is 16.1 Å². The van der Waals surface area contributed by atoms with Gasteiger partial charge in [-0.2, -0.15) is 0 Å². The van der Waals surface area contributed by atoms with E-state index in [1.54, 1.807) is 0 Å². The Labute approximate surface area is 107 Å². The van der Waals surface area contributed by atoms with E-state index in [0.29, 0.717) is 5.19 Å². The zero-order valence-corrected chi connectivity index (χ0v) is 10.5. The average molecular weight is 267 g/mol. The fourth-order valence-corrected chi connectivity index (χ4v) is 2.20. The number of hydrogen-bond acceptors (Lipinski definition) is 5. The molecule has 6 heteroatoms. The van der Waals surface area contributed by atoms with Crippen LogP contribution in [-0.2, 0) is 9.59 Å². The molecule has 1 aromatic heterocycles. The Kier molecular flexibility index (Phi) is 3.75. The molecule has 2 aromatic rings. The highest BCUT2D eigenvalue weighted by Gasteiger charge is 2.10. The van der Waals surface area contributed by atoms with E-state index in [0.717, 1.165) is 10.2 Å². The lowest BCUT2D eigenvalue weighted by Gasteiger charge is -1.97. The Morgan fingerprint density at radius 1 is 1.29 bits per heavy atom. The van der Waals surface area contributed by atoms with E-state index in [1.807, 2.05) is 24.3 Å². The second-order valence-corrected chi connectivity index (χ2v) is 4.81. The molecule has 0 saturated heterocycles. The molecule has 0 N–H and O–H groups in total. The highest BCUT2D eigenvalue weighted by Crippen LogP contribution is 2.27. The SMILES string of the molecule is O=C(S)CCC(=O)Oc1nc2ccccc2s1. The number of para-hydroxylation sites is 1. The molecule has 0 spiro atoms. The standard InChI is InChI=1S/C11H9NO3S2/c13-9(5-6-10(14)16)15-11-12-7-3-1-2-4-8(7)17-11/h1-4H,5-6H2,(H,14,16). The number of carbonyl (C=O) groups excluding carboxylic acids is 2. The molecule has 1 heterocycles. The van der Waals surface area contributed by atoms with Gasteiger partial charge in [-0.05, 0) is 12.1 Å². The van der Waals surface area contributed by atoms with Gasteiger partial charge in [-0.25, -0.2) is 4.98 Å². The lowest BCUT2D eigenvalue weighted by atomic mass is 10.3. The Bertz CT molecular complexity index is 532. The van der Waals surface area contributed by atoms with Crippen LogP contribution in [0.2, 0.25) is 0 Å². The molecule has 0 aliphatic rings. The Hall–Kier alpha value is -1.40. The number of aromatic nitrogens is 1. The first-order valence-electron chi connectivity index (χ1n) is 4.93. The third-order valence-electron chi connectivity index (χ3n) is 2.02. The summed E-state index contributed by atoms with van der Waals surface area (Å²) in [7, 11) is 0. The van der Waals surface area contributed by atoms with Gasteiger partial charge in [-0.3, -0.25) is 9.59 Å². The van der Waals surface area contributed by atoms with Crippen molar-refractivity contribution in [2.45, 2.75) is 12.8 Å². The van der Waals surface area contributed by atoms with Crippen molar-refractivity contribution in [3.05, 3.63) is 24.3 Å². The number of thiazole rings is 1. The predicted octanol–water partition coefficient (Wildman–Crippen LogP) is 2.44. The second kappa shape index (κ2) is 5.29. The van der Waals surface area contributed by atoms with E-state index in [-0.39, 0.29) is 18.0 Å². The zero-order chi connectivity index (χ0) is 12.3. The molecule has 0 aliphatic carbocycles. The van der Waals surface area contributed by atoms with Crippen LogP contribution >= 0.6 is 24.0 Å². The van der Waals surface area contributed by atoms with Gasteiger partial charge in [0.15, 0.2) is 5.12 Å². The largest absolute Gasteiger partial charge is 0.398 e. The summed E-state index contributed by atoms with van der Waals surface area (Å²) in [5.74, 6) is -0.466. The molecular weight excluding hydrogens is 258 g/mol. The highest BCUT2D eigenvalue weighted by molar-refractivity contribution is 7.96. The minimum absolute atomic E-state index is 0.0261. The first-order chi connectivity index (χ1) is 8.15. The second-order valence-electron chi connectivity index (χ2n) is 3.32. The molecule has 2 rings (SSSR count). The van der Waals surface area contributed by atoms with E-state index in [1.165, 1.54) is 11.3 Å². The Balaban J connectivity index is 2.03. The van der Waals surface area contributed by atoms with Crippen molar-refractivity contribution in [3.63, 3.8) is 0 Å². The molecule has 88 valence electrons. The maximum absolute atomic E-state index is 11.4. The molecule has 1 aromatic carbocycles. The minimum Gasteiger partial charge on any atom is -0.398 e. The first kappa shape index (κ1) is 12.1. The Morgan fingerprint density at radius 3 is 2.76 bits per heavy atom. The minimum atomic E-state index is -0.466. The summed E-state index contributed by atoms with van der Waals surface area (Å²) in [6, 6.07) is 7.51. The van der Waals surface area contributed by atoms with Crippen LogP contribution in [0.3, 0.4) is 0 Å². The lowest BCUT2D eigenvalue weighted by molar-refractivity contribution is -0.135. The number of benzene rings is 1. The number of rotatable bonds is 4. The summed E-state index contributed by atoms with van der Waals surface area (Å²) >= 11 is 4.88. The van der Waals surface area contributed by atoms with Crippen molar-refractivity contribution in [1.29, 1.82) is 0 Å². The summed E-state index contributed by atoms with van der Waals surface area (Å²) in [5, 5.41) is -0.0194. The van der Waals surface area contributed by atoms with Gasteiger partial charge in [0, 0.05) is 6.42 Å². The van der Waals surface area contributed by atoms with Crippen LogP contribution in [0.5, 0.6) is 5.19 Å².